The molecule has 1 amide bonds. The van der Waals surface area contributed by atoms with Gasteiger partial charge in [0, 0.05) is 23.4 Å². The van der Waals surface area contributed by atoms with E-state index in [1.165, 1.54) is 0 Å². The molecule has 6 heteroatoms. The van der Waals surface area contributed by atoms with Gasteiger partial charge in [-0.3, -0.25) is 9.59 Å². The number of aryl methyl sites for hydroxylation is 3. The van der Waals surface area contributed by atoms with E-state index in [0.717, 1.165) is 39.5 Å². The van der Waals surface area contributed by atoms with Crippen molar-refractivity contribution in [2.75, 3.05) is 5.32 Å². The third kappa shape index (κ3) is 4.54. The predicted octanol–water partition coefficient (Wildman–Crippen LogP) is 4.38. The van der Waals surface area contributed by atoms with Crippen molar-refractivity contribution in [3.8, 4) is 5.69 Å². The Morgan fingerprint density at radius 3 is 2.34 bits per heavy atom. The lowest BCUT2D eigenvalue weighted by atomic mass is 10.1. The first kappa shape index (κ1) is 20.3. The Kier molecular flexibility index (Phi) is 5.82. The molecule has 3 rings (SSSR count). The molecule has 0 saturated heterocycles. The van der Waals surface area contributed by atoms with Crippen LogP contribution in [-0.4, -0.2) is 26.8 Å². The summed E-state index contributed by atoms with van der Waals surface area (Å²) in [6.45, 7) is 7.80. The van der Waals surface area contributed by atoms with E-state index < -0.39 is 5.97 Å². The molecule has 0 unspecified atom stereocenters. The van der Waals surface area contributed by atoms with Gasteiger partial charge < -0.3 is 10.4 Å². The van der Waals surface area contributed by atoms with Gasteiger partial charge in [-0.2, -0.15) is 5.10 Å². The first-order valence-electron chi connectivity index (χ1n) is 9.52. The molecule has 3 aromatic rings. The van der Waals surface area contributed by atoms with Crippen molar-refractivity contribution in [2.45, 2.75) is 40.5 Å². The summed E-state index contributed by atoms with van der Waals surface area (Å²) >= 11 is 0. The van der Waals surface area contributed by atoms with Crippen molar-refractivity contribution in [3.63, 3.8) is 0 Å². The van der Waals surface area contributed by atoms with E-state index in [0.29, 0.717) is 12.0 Å². The van der Waals surface area contributed by atoms with Crippen molar-refractivity contribution in [1.82, 2.24) is 9.78 Å². The molecule has 150 valence electrons. The van der Waals surface area contributed by atoms with Crippen LogP contribution in [0, 0.1) is 27.7 Å². The van der Waals surface area contributed by atoms with Crippen LogP contribution in [0.15, 0.2) is 42.5 Å². The maximum absolute atomic E-state index is 12.6. The minimum atomic E-state index is -0.823. The van der Waals surface area contributed by atoms with Gasteiger partial charge in [0.05, 0.1) is 11.4 Å². The second kappa shape index (κ2) is 8.31. The zero-order valence-electron chi connectivity index (χ0n) is 17.1. The van der Waals surface area contributed by atoms with Crippen molar-refractivity contribution < 1.29 is 14.7 Å². The molecule has 0 bridgehead atoms. The highest BCUT2D eigenvalue weighted by Gasteiger charge is 2.15. The van der Waals surface area contributed by atoms with Crippen LogP contribution in [0.5, 0.6) is 0 Å². The van der Waals surface area contributed by atoms with Crippen LogP contribution in [0.3, 0.4) is 0 Å². The highest BCUT2D eigenvalue weighted by Crippen LogP contribution is 2.21. The molecule has 0 aliphatic carbocycles. The number of hydrogen-bond acceptors (Lipinski definition) is 3. The second-order valence-corrected chi connectivity index (χ2v) is 7.27. The average molecular weight is 391 g/mol. The normalized spacial score (nSPS) is 10.8. The molecule has 6 nitrogen and oxygen atoms in total. The first-order chi connectivity index (χ1) is 13.8. The molecule has 2 N–H and O–H groups in total. The fourth-order valence-corrected chi connectivity index (χ4v) is 3.42. The van der Waals surface area contributed by atoms with Gasteiger partial charge in [-0.15, -0.1) is 0 Å². The third-order valence-corrected chi connectivity index (χ3v) is 5.03. The molecule has 0 atom stereocenters. The molecule has 1 heterocycles. The minimum absolute atomic E-state index is 0.0743. The number of carboxylic acids is 1. The van der Waals surface area contributed by atoms with Gasteiger partial charge in [-0.1, -0.05) is 17.7 Å². The number of nitrogens with zero attached hydrogens (tertiary/aromatic N) is 2. The summed E-state index contributed by atoms with van der Waals surface area (Å²) in [6, 6.07) is 13.1. The lowest BCUT2D eigenvalue weighted by Crippen LogP contribution is -2.13. The molecule has 2 aromatic carbocycles. The molecule has 0 saturated carbocycles. The first-order valence-corrected chi connectivity index (χ1v) is 9.52. The summed E-state index contributed by atoms with van der Waals surface area (Å²) in [5.74, 6) is -0.991. The van der Waals surface area contributed by atoms with Crippen LogP contribution >= 0.6 is 0 Å². The van der Waals surface area contributed by atoms with Crippen LogP contribution in [0.2, 0.25) is 0 Å². The minimum Gasteiger partial charge on any atom is -0.481 e. The molecule has 0 spiro atoms. The Labute approximate surface area is 170 Å². The summed E-state index contributed by atoms with van der Waals surface area (Å²) in [4.78, 5) is 23.5. The van der Waals surface area contributed by atoms with Crippen LogP contribution in [0.1, 0.15) is 44.9 Å². The number of hydrogen-bond donors (Lipinski definition) is 2. The monoisotopic (exact) mass is 391 g/mol. The summed E-state index contributed by atoms with van der Waals surface area (Å²) < 4.78 is 1.79. The molecular formula is C23H25N3O3. The topological polar surface area (TPSA) is 84.2 Å². The highest BCUT2D eigenvalue weighted by molar-refractivity contribution is 6.04. The highest BCUT2D eigenvalue weighted by atomic mass is 16.4. The van der Waals surface area contributed by atoms with E-state index in [4.69, 9.17) is 5.11 Å². The van der Waals surface area contributed by atoms with Gasteiger partial charge >= 0.3 is 5.97 Å². The van der Waals surface area contributed by atoms with Crippen molar-refractivity contribution in [2.24, 2.45) is 0 Å². The number of benzene rings is 2. The Hall–Kier alpha value is -3.41. The molecule has 29 heavy (non-hydrogen) atoms. The van der Waals surface area contributed by atoms with Gasteiger partial charge in [-0.05, 0) is 75.6 Å². The van der Waals surface area contributed by atoms with Crippen molar-refractivity contribution in [1.29, 1.82) is 0 Å². The Morgan fingerprint density at radius 2 is 1.72 bits per heavy atom. The molecule has 0 fully saturated rings. The number of rotatable bonds is 6. The number of anilines is 1. The Balaban J connectivity index is 1.79. The number of carboxylic acid groups (broad SMARTS) is 1. The van der Waals surface area contributed by atoms with Gasteiger partial charge in [0.2, 0.25) is 0 Å². The lowest BCUT2D eigenvalue weighted by molar-refractivity contribution is -0.136. The van der Waals surface area contributed by atoms with E-state index in [2.05, 4.69) is 10.4 Å². The number of aliphatic carboxylic acids is 1. The van der Waals surface area contributed by atoms with Gasteiger partial charge in [0.15, 0.2) is 0 Å². The molecule has 0 aliphatic rings. The summed E-state index contributed by atoms with van der Waals surface area (Å²) in [5, 5.41) is 16.4. The van der Waals surface area contributed by atoms with Gasteiger partial charge in [-0.25, -0.2) is 4.68 Å². The predicted molar refractivity (Wildman–Crippen MR) is 113 cm³/mol. The second-order valence-electron chi connectivity index (χ2n) is 7.27. The summed E-state index contributed by atoms with van der Waals surface area (Å²) in [7, 11) is 0. The van der Waals surface area contributed by atoms with E-state index in [-0.39, 0.29) is 12.3 Å². The fraction of sp³-hybridized carbons (Fsp3) is 0.261. The van der Waals surface area contributed by atoms with Crippen molar-refractivity contribution in [3.05, 3.63) is 76.1 Å². The number of nitrogens with one attached hydrogen (secondary N) is 1. The quantitative estimate of drug-likeness (QED) is 0.653. The Bertz CT molecular complexity index is 1070. The molecule has 1 aromatic heterocycles. The number of carbonyl (C=O) groups excluding carboxylic acids is 1. The molecule has 0 radical (unpaired) electrons. The fourth-order valence-electron chi connectivity index (χ4n) is 3.42. The number of carbonyl (C=O) groups is 2. The summed E-state index contributed by atoms with van der Waals surface area (Å²) in [6.07, 6.45) is 0.522. The lowest BCUT2D eigenvalue weighted by Gasteiger charge is -2.10. The maximum Gasteiger partial charge on any atom is 0.303 e. The van der Waals surface area contributed by atoms with E-state index in [1.54, 1.807) is 16.8 Å². The standard InChI is InChI=1S/C23H25N3O3/c1-14-5-11-21(15(2)13-14)24-23(29)18-6-8-19(9-7-18)26-17(4)20(16(3)25-26)10-12-22(27)28/h5-9,11,13H,10,12H2,1-4H3,(H,24,29)(H,27,28). The summed E-state index contributed by atoms with van der Waals surface area (Å²) in [5.41, 5.74) is 7.03. The van der Waals surface area contributed by atoms with E-state index >= 15 is 0 Å². The molecule has 0 aliphatic heterocycles. The average Bonchev–Trinajstić information content (AvgIpc) is 2.96. The zero-order valence-corrected chi connectivity index (χ0v) is 17.1. The molecular weight excluding hydrogens is 366 g/mol. The van der Waals surface area contributed by atoms with E-state index in [1.807, 2.05) is 58.0 Å². The van der Waals surface area contributed by atoms with Crippen LogP contribution in [-0.2, 0) is 11.2 Å². The Morgan fingerprint density at radius 1 is 1.03 bits per heavy atom. The van der Waals surface area contributed by atoms with Gasteiger partial charge in [0.1, 0.15) is 0 Å². The SMILES string of the molecule is Cc1ccc(NC(=O)c2ccc(-n3nc(C)c(CCC(=O)O)c3C)cc2)c(C)c1. The largest absolute Gasteiger partial charge is 0.481 e. The van der Waals surface area contributed by atoms with Gasteiger partial charge in [0.25, 0.3) is 5.91 Å². The van der Waals surface area contributed by atoms with E-state index in [9.17, 15) is 9.59 Å². The third-order valence-electron chi connectivity index (χ3n) is 5.03. The number of amides is 1. The maximum atomic E-state index is 12.6. The van der Waals surface area contributed by atoms with Crippen molar-refractivity contribution >= 4 is 17.6 Å². The zero-order chi connectivity index (χ0) is 21.1. The van der Waals surface area contributed by atoms with Crippen LogP contribution in [0.25, 0.3) is 5.69 Å². The van der Waals surface area contributed by atoms with Crippen LogP contribution in [0.4, 0.5) is 5.69 Å². The smallest absolute Gasteiger partial charge is 0.303 e. The number of aromatic nitrogens is 2. The van der Waals surface area contributed by atoms with Crippen LogP contribution < -0.4 is 5.32 Å².